The Morgan fingerprint density at radius 1 is 1.08 bits per heavy atom. The molecule has 0 bridgehead atoms. The Balaban J connectivity index is 1.62. The number of nitrogens with one attached hydrogen (secondary N) is 2. The average Bonchev–Trinajstić information content (AvgIpc) is 2.63. The molecule has 0 spiro atoms. The molecule has 7 heteroatoms. The fraction of sp³-hybridized carbons (Fsp3) is 0.278. The molecule has 1 amide bonds. The Kier molecular flexibility index (Phi) is 5.45. The van der Waals surface area contributed by atoms with Crippen LogP contribution in [0.1, 0.15) is 0 Å². The van der Waals surface area contributed by atoms with Crippen LogP contribution < -0.4 is 15.5 Å². The van der Waals surface area contributed by atoms with Gasteiger partial charge in [0.1, 0.15) is 11.6 Å². The lowest BCUT2D eigenvalue weighted by Crippen LogP contribution is -2.36. The monoisotopic (exact) mass is 347 g/mol. The standard InChI is InChI=1S/C18H19F2N3O2/c19-13-5-6-15(14(20)11-13)22-18(24)12-21-16-3-1-2-4-17(16)23-7-9-25-10-8-23/h1-6,11,21H,7-10,12H2,(H,22,24). The second kappa shape index (κ2) is 7.94. The summed E-state index contributed by atoms with van der Waals surface area (Å²) in [6, 6.07) is 10.7. The molecule has 0 aromatic heterocycles. The predicted molar refractivity (Wildman–Crippen MR) is 93.0 cm³/mol. The van der Waals surface area contributed by atoms with Gasteiger partial charge in [-0.1, -0.05) is 12.1 Å². The number of ether oxygens (including phenoxy) is 1. The molecule has 1 aliphatic rings. The molecule has 3 rings (SSSR count). The molecule has 1 fully saturated rings. The van der Waals surface area contributed by atoms with Gasteiger partial charge in [-0.2, -0.15) is 0 Å². The fourth-order valence-electron chi connectivity index (χ4n) is 2.66. The first-order valence-corrected chi connectivity index (χ1v) is 8.04. The fourth-order valence-corrected chi connectivity index (χ4v) is 2.66. The number of anilines is 3. The zero-order valence-corrected chi connectivity index (χ0v) is 13.6. The van der Waals surface area contributed by atoms with Crippen LogP contribution in [0.15, 0.2) is 42.5 Å². The van der Waals surface area contributed by atoms with Crippen molar-refractivity contribution in [1.29, 1.82) is 0 Å². The van der Waals surface area contributed by atoms with Gasteiger partial charge in [0.2, 0.25) is 5.91 Å². The average molecular weight is 347 g/mol. The molecule has 0 saturated carbocycles. The molecule has 0 atom stereocenters. The van der Waals surface area contributed by atoms with E-state index in [1.54, 1.807) is 0 Å². The van der Waals surface area contributed by atoms with Crippen molar-refractivity contribution in [3.8, 4) is 0 Å². The van der Waals surface area contributed by atoms with Crippen molar-refractivity contribution in [2.24, 2.45) is 0 Å². The van der Waals surface area contributed by atoms with E-state index in [9.17, 15) is 13.6 Å². The smallest absolute Gasteiger partial charge is 0.243 e. The third-order valence-electron chi connectivity index (χ3n) is 3.90. The minimum absolute atomic E-state index is 0.0296. The molecular weight excluding hydrogens is 328 g/mol. The molecule has 1 saturated heterocycles. The summed E-state index contributed by atoms with van der Waals surface area (Å²) < 4.78 is 31.8. The van der Waals surface area contributed by atoms with Crippen molar-refractivity contribution in [1.82, 2.24) is 0 Å². The molecule has 0 radical (unpaired) electrons. The Hall–Kier alpha value is -2.67. The minimum Gasteiger partial charge on any atom is -0.378 e. The van der Waals surface area contributed by atoms with Crippen molar-refractivity contribution >= 4 is 23.0 Å². The van der Waals surface area contributed by atoms with Crippen LogP contribution in [-0.2, 0) is 9.53 Å². The first-order chi connectivity index (χ1) is 12.1. The van der Waals surface area contributed by atoms with Crippen LogP contribution in [0.3, 0.4) is 0 Å². The van der Waals surface area contributed by atoms with Crippen LogP contribution in [0.5, 0.6) is 0 Å². The van der Waals surface area contributed by atoms with E-state index >= 15 is 0 Å². The highest BCUT2D eigenvalue weighted by atomic mass is 19.1. The van der Waals surface area contributed by atoms with Crippen LogP contribution in [0.2, 0.25) is 0 Å². The van der Waals surface area contributed by atoms with Gasteiger partial charge in [-0.25, -0.2) is 8.78 Å². The van der Waals surface area contributed by atoms with Crippen molar-refractivity contribution < 1.29 is 18.3 Å². The van der Waals surface area contributed by atoms with Crippen LogP contribution in [0, 0.1) is 11.6 Å². The molecule has 0 unspecified atom stereocenters. The SMILES string of the molecule is O=C(CNc1ccccc1N1CCOCC1)Nc1ccc(F)cc1F. The second-order valence-corrected chi connectivity index (χ2v) is 5.64. The van der Waals surface area contributed by atoms with Crippen molar-refractivity contribution in [3.05, 3.63) is 54.1 Å². The van der Waals surface area contributed by atoms with Gasteiger partial charge >= 0.3 is 0 Å². The Labute approximate surface area is 144 Å². The van der Waals surface area contributed by atoms with Gasteiger partial charge in [0.15, 0.2) is 0 Å². The van der Waals surface area contributed by atoms with Crippen LogP contribution in [-0.4, -0.2) is 38.8 Å². The summed E-state index contributed by atoms with van der Waals surface area (Å²) in [5, 5.41) is 5.50. The van der Waals surface area contributed by atoms with Gasteiger partial charge in [-0.15, -0.1) is 0 Å². The van der Waals surface area contributed by atoms with E-state index in [4.69, 9.17) is 4.74 Å². The number of carbonyl (C=O) groups excluding carboxylic acids is 1. The van der Waals surface area contributed by atoms with E-state index in [-0.39, 0.29) is 12.2 Å². The molecule has 2 aromatic rings. The summed E-state index contributed by atoms with van der Waals surface area (Å²) in [6.07, 6.45) is 0. The lowest BCUT2D eigenvalue weighted by Gasteiger charge is -2.30. The van der Waals surface area contributed by atoms with E-state index < -0.39 is 17.5 Å². The third-order valence-corrected chi connectivity index (χ3v) is 3.90. The maximum Gasteiger partial charge on any atom is 0.243 e. The summed E-state index contributed by atoms with van der Waals surface area (Å²) in [6.45, 7) is 2.87. The van der Waals surface area contributed by atoms with Gasteiger partial charge in [-0.3, -0.25) is 4.79 Å². The number of nitrogens with zero attached hydrogens (tertiary/aromatic N) is 1. The van der Waals surface area contributed by atoms with Gasteiger partial charge in [0, 0.05) is 19.2 Å². The number of morpholine rings is 1. The van der Waals surface area contributed by atoms with Crippen LogP contribution in [0.4, 0.5) is 25.8 Å². The van der Waals surface area contributed by atoms with E-state index in [0.29, 0.717) is 13.2 Å². The Morgan fingerprint density at radius 3 is 2.60 bits per heavy atom. The third kappa shape index (κ3) is 4.45. The van der Waals surface area contributed by atoms with Crippen molar-refractivity contribution in [3.63, 3.8) is 0 Å². The van der Waals surface area contributed by atoms with Crippen molar-refractivity contribution in [2.45, 2.75) is 0 Å². The largest absolute Gasteiger partial charge is 0.378 e. The summed E-state index contributed by atoms with van der Waals surface area (Å²) in [5.74, 6) is -1.91. The molecule has 1 heterocycles. The maximum atomic E-state index is 13.6. The quantitative estimate of drug-likeness (QED) is 0.873. The zero-order valence-electron chi connectivity index (χ0n) is 13.6. The van der Waals surface area contributed by atoms with Crippen LogP contribution >= 0.6 is 0 Å². The highest BCUT2D eigenvalue weighted by Gasteiger charge is 2.15. The zero-order chi connectivity index (χ0) is 17.6. The number of amides is 1. The van der Waals surface area contributed by atoms with Gasteiger partial charge in [-0.05, 0) is 24.3 Å². The molecule has 2 N–H and O–H groups in total. The molecule has 0 aliphatic carbocycles. The highest BCUT2D eigenvalue weighted by Crippen LogP contribution is 2.26. The number of halogens is 2. The number of hydrogen-bond donors (Lipinski definition) is 2. The molecule has 25 heavy (non-hydrogen) atoms. The van der Waals surface area contributed by atoms with E-state index in [1.165, 1.54) is 6.07 Å². The number of benzene rings is 2. The first kappa shape index (κ1) is 17.2. The first-order valence-electron chi connectivity index (χ1n) is 8.04. The van der Waals surface area contributed by atoms with Crippen molar-refractivity contribution in [2.75, 3.05) is 48.4 Å². The number of rotatable bonds is 5. The van der Waals surface area contributed by atoms with Gasteiger partial charge < -0.3 is 20.3 Å². The lowest BCUT2D eigenvalue weighted by atomic mass is 10.2. The van der Waals surface area contributed by atoms with E-state index in [1.807, 2.05) is 24.3 Å². The summed E-state index contributed by atoms with van der Waals surface area (Å²) in [5.41, 5.74) is 1.76. The van der Waals surface area contributed by atoms with Gasteiger partial charge in [0.05, 0.1) is 36.8 Å². The normalized spacial score (nSPS) is 14.2. The molecular formula is C18H19F2N3O2. The van der Waals surface area contributed by atoms with Crippen LogP contribution in [0.25, 0.3) is 0 Å². The summed E-state index contributed by atoms with van der Waals surface area (Å²) >= 11 is 0. The molecule has 1 aliphatic heterocycles. The molecule has 5 nitrogen and oxygen atoms in total. The lowest BCUT2D eigenvalue weighted by molar-refractivity contribution is -0.114. The van der Waals surface area contributed by atoms with Gasteiger partial charge in [0.25, 0.3) is 0 Å². The highest BCUT2D eigenvalue weighted by molar-refractivity contribution is 5.94. The minimum atomic E-state index is -0.804. The molecule has 2 aromatic carbocycles. The summed E-state index contributed by atoms with van der Waals surface area (Å²) in [4.78, 5) is 14.2. The van der Waals surface area contributed by atoms with E-state index in [2.05, 4.69) is 15.5 Å². The number of carbonyl (C=O) groups is 1. The molecule has 132 valence electrons. The maximum absolute atomic E-state index is 13.6. The van der Waals surface area contributed by atoms with E-state index in [0.717, 1.165) is 36.6 Å². The Morgan fingerprint density at radius 2 is 1.84 bits per heavy atom. The predicted octanol–water partition coefficient (Wildman–Crippen LogP) is 2.85. The second-order valence-electron chi connectivity index (χ2n) is 5.64. The Bertz CT molecular complexity index is 749. The number of hydrogen-bond acceptors (Lipinski definition) is 4. The summed E-state index contributed by atoms with van der Waals surface area (Å²) in [7, 11) is 0. The number of para-hydroxylation sites is 2. The topological polar surface area (TPSA) is 53.6 Å².